The molecule has 1 aromatic rings. The molecule has 1 saturated heterocycles. The molecule has 0 bridgehead atoms. The number of nitrogens with zero attached hydrogens (tertiary/aromatic N) is 2. The summed E-state index contributed by atoms with van der Waals surface area (Å²) in [7, 11) is 0. The SMILES string of the molecule is CCNc1ncc(CN2CCCC2(C)C)s1. The largest absolute Gasteiger partial charge is 0.362 e. The Kier molecular flexibility index (Phi) is 3.50. The first kappa shape index (κ1) is 11.9. The van der Waals surface area contributed by atoms with Crippen LogP contribution >= 0.6 is 11.3 Å². The summed E-state index contributed by atoms with van der Waals surface area (Å²) in [4.78, 5) is 8.31. The first-order valence-electron chi connectivity index (χ1n) is 6.05. The highest BCUT2D eigenvalue weighted by Crippen LogP contribution is 2.31. The van der Waals surface area contributed by atoms with Crippen LogP contribution in [0.1, 0.15) is 38.5 Å². The van der Waals surface area contributed by atoms with E-state index < -0.39 is 0 Å². The molecule has 0 aromatic carbocycles. The number of thiazole rings is 1. The Balaban J connectivity index is 1.98. The minimum Gasteiger partial charge on any atom is -0.362 e. The van der Waals surface area contributed by atoms with Crippen LogP contribution in [0.2, 0.25) is 0 Å². The topological polar surface area (TPSA) is 28.2 Å². The van der Waals surface area contributed by atoms with Crippen molar-refractivity contribution in [3.05, 3.63) is 11.1 Å². The lowest BCUT2D eigenvalue weighted by Crippen LogP contribution is -2.37. The van der Waals surface area contributed by atoms with Crippen molar-refractivity contribution in [2.24, 2.45) is 0 Å². The van der Waals surface area contributed by atoms with Crippen LogP contribution in [0.4, 0.5) is 5.13 Å². The van der Waals surface area contributed by atoms with Gasteiger partial charge < -0.3 is 5.32 Å². The number of hydrogen-bond donors (Lipinski definition) is 1. The standard InChI is InChI=1S/C12H21N3S/c1-4-13-11-14-8-10(16-11)9-15-7-5-6-12(15,2)3/h8H,4-7,9H2,1-3H3,(H,13,14). The number of anilines is 1. The molecule has 1 fully saturated rings. The number of rotatable bonds is 4. The Morgan fingerprint density at radius 1 is 1.56 bits per heavy atom. The zero-order valence-corrected chi connectivity index (χ0v) is 11.2. The van der Waals surface area contributed by atoms with E-state index in [-0.39, 0.29) is 0 Å². The summed E-state index contributed by atoms with van der Waals surface area (Å²) in [5, 5.41) is 4.31. The lowest BCUT2D eigenvalue weighted by atomic mass is 10.0. The van der Waals surface area contributed by atoms with E-state index in [0.29, 0.717) is 5.54 Å². The van der Waals surface area contributed by atoms with E-state index in [4.69, 9.17) is 0 Å². The molecule has 0 amide bonds. The van der Waals surface area contributed by atoms with Gasteiger partial charge in [-0.15, -0.1) is 11.3 Å². The van der Waals surface area contributed by atoms with E-state index in [0.717, 1.165) is 18.2 Å². The fourth-order valence-electron chi connectivity index (χ4n) is 2.26. The van der Waals surface area contributed by atoms with Crippen LogP contribution in [0.15, 0.2) is 6.20 Å². The van der Waals surface area contributed by atoms with Gasteiger partial charge in [0.2, 0.25) is 0 Å². The molecule has 3 nitrogen and oxygen atoms in total. The first-order chi connectivity index (χ1) is 7.62. The molecule has 0 saturated carbocycles. The highest BCUT2D eigenvalue weighted by Gasteiger charge is 2.31. The monoisotopic (exact) mass is 239 g/mol. The van der Waals surface area contributed by atoms with Crippen LogP contribution in [-0.2, 0) is 6.54 Å². The van der Waals surface area contributed by atoms with Crippen LogP contribution in [0.3, 0.4) is 0 Å². The van der Waals surface area contributed by atoms with Gasteiger partial charge in [0.25, 0.3) is 0 Å². The van der Waals surface area contributed by atoms with Crippen LogP contribution in [0, 0.1) is 0 Å². The molecule has 0 aliphatic carbocycles. The quantitative estimate of drug-likeness (QED) is 0.875. The van der Waals surface area contributed by atoms with Gasteiger partial charge in [0.1, 0.15) is 0 Å². The van der Waals surface area contributed by atoms with Crippen molar-refractivity contribution in [3.8, 4) is 0 Å². The summed E-state index contributed by atoms with van der Waals surface area (Å²) in [6, 6.07) is 0. The van der Waals surface area contributed by atoms with Gasteiger partial charge in [-0.1, -0.05) is 0 Å². The van der Waals surface area contributed by atoms with Gasteiger partial charge in [-0.2, -0.15) is 0 Å². The predicted octanol–water partition coefficient (Wildman–Crippen LogP) is 2.95. The van der Waals surface area contributed by atoms with Crippen molar-refractivity contribution in [1.82, 2.24) is 9.88 Å². The van der Waals surface area contributed by atoms with Crippen molar-refractivity contribution < 1.29 is 0 Å². The fourth-order valence-corrected chi connectivity index (χ4v) is 3.15. The van der Waals surface area contributed by atoms with E-state index in [9.17, 15) is 0 Å². The number of hydrogen-bond acceptors (Lipinski definition) is 4. The summed E-state index contributed by atoms with van der Waals surface area (Å²) < 4.78 is 0. The number of nitrogens with one attached hydrogen (secondary N) is 1. The van der Waals surface area contributed by atoms with Gasteiger partial charge in [-0.25, -0.2) is 4.98 Å². The zero-order chi connectivity index (χ0) is 11.6. The molecule has 2 heterocycles. The van der Waals surface area contributed by atoms with Gasteiger partial charge in [-0.3, -0.25) is 4.90 Å². The molecule has 0 unspecified atom stereocenters. The van der Waals surface area contributed by atoms with Crippen molar-refractivity contribution in [2.75, 3.05) is 18.4 Å². The summed E-state index contributed by atoms with van der Waals surface area (Å²) in [6.45, 7) is 10.0. The second-order valence-electron chi connectivity index (χ2n) is 5.00. The Morgan fingerprint density at radius 2 is 2.38 bits per heavy atom. The van der Waals surface area contributed by atoms with Crippen LogP contribution < -0.4 is 5.32 Å². The lowest BCUT2D eigenvalue weighted by molar-refractivity contribution is 0.168. The van der Waals surface area contributed by atoms with Crippen LogP contribution in [0.5, 0.6) is 0 Å². The van der Waals surface area contributed by atoms with Crippen molar-refractivity contribution >= 4 is 16.5 Å². The van der Waals surface area contributed by atoms with Gasteiger partial charge in [-0.05, 0) is 40.2 Å². The van der Waals surface area contributed by atoms with E-state index in [1.165, 1.54) is 24.3 Å². The van der Waals surface area contributed by atoms with Crippen molar-refractivity contribution in [3.63, 3.8) is 0 Å². The summed E-state index contributed by atoms with van der Waals surface area (Å²) in [5.74, 6) is 0. The molecule has 1 aliphatic rings. The number of likely N-dealkylation sites (tertiary alicyclic amines) is 1. The molecule has 16 heavy (non-hydrogen) atoms. The van der Waals surface area contributed by atoms with E-state index >= 15 is 0 Å². The summed E-state index contributed by atoms with van der Waals surface area (Å²) >= 11 is 1.78. The first-order valence-corrected chi connectivity index (χ1v) is 6.87. The fraction of sp³-hybridized carbons (Fsp3) is 0.750. The predicted molar refractivity (Wildman–Crippen MR) is 70.0 cm³/mol. The minimum atomic E-state index is 0.363. The second kappa shape index (κ2) is 4.72. The molecular weight excluding hydrogens is 218 g/mol. The van der Waals surface area contributed by atoms with E-state index in [1.54, 1.807) is 11.3 Å². The van der Waals surface area contributed by atoms with Crippen LogP contribution in [-0.4, -0.2) is 28.5 Å². The molecule has 2 rings (SSSR count). The van der Waals surface area contributed by atoms with Crippen molar-refractivity contribution in [2.45, 2.75) is 45.7 Å². The van der Waals surface area contributed by atoms with Gasteiger partial charge in [0, 0.05) is 29.7 Å². The highest BCUT2D eigenvalue weighted by atomic mass is 32.1. The van der Waals surface area contributed by atoms with E-state index in [2.05, 4.69) is 36.0 Å². The Labute approximate surface area is 102 Å². The maximum Gasteiger partial charge on any atom is 0.182 e. The molecule has 0 atom stereocenters. The average Bonchev–Trinajstić information content (AvgIpc) is 2.76. The molecule has 1 aromatic heterocycles. The molecule has 1 aliphatic heterocycles. The highest BCUT2D eigenvalue weighted by molar-refractivity contribution is 7.15. The smallest absolute Gasteiger partial charge is 0.182 e. The normalized spacial score (nSPS) is 20.2. The second-order valence-corrected chi connectivity index (χ2v) is 6.11. The summed E-state index contributed by atoms with van der Waals surface area (Å²) in [5.41, 5.74) is 0.363. The molecular formula is C12H21N3S. The third-order valence-electron chi connectivity index (χ3n) is 3.30. The van der Waals surface area contributed by atoms with Gasteiger partial charge >= 0.3 is 0 Å². The van der Waals surface area contributed by atoms with Crippen molar-refractivity contribution in [1.29, 1.82) is 0 Å². The van der Waals surface area contributed by atoms with Crippen LogP contribution in [0.25, 0.3) is 0 Å². The van der Waals surface area contributed by atoms with Gasteiger partial charge in [0.05, 0.1) is 0 Å². The van der Waals surface area contributed by atoms with E-state index in [1.807, 2.05) is 6.20 Å². The third kappa shape index (κ3) is 2.55. The third-order valence-corrected chi connectivity index (χ3v) is 4.24. The molecule has 90 valence electrons. The zero-order valence-electron chi connectivity index (χ0n) is 10.4. The maximum atomic E-state index is 4.38. The average molecular weight is 239 g/mol. The molecule has 0 spiro atoms. The molecule has 4 heteroatoms. The minimum absolute atomic E-state index is 0.363. The number of aromatic nitrogens is 1. The Hall–Kier alpha value is -0.610. The maximum absolute atomic E-state index is 4.38. The Bertz CT molecular complexity index is 346. The summed E-state index contributed by atoms with van der Waals surface area (Å²) in [6.07, 6.45) is 4.65. The molecule has 0 radical (unpaired) electrons. The molecule has 1 N–H and O–H groups in total. The van der Waals surface area contributed by atoms with Gasteiger partial charge in [0.15, 0.2) is 5.13 Å². The lowest BCUT2D eigenvalue weighted by Gasteiger charge is -2.30. The Morgan fingerprint density at radius 3 is 3.00 bits per heavy atom.